The Morgan fingerprint density at radius 1 is 1.23 bits per heavy atom. The first-order valence-corrected chi connectivity index (χ1v) is 10.1. The molecule has 2 aliphatic rings. The highest BCUT2D eigenvalue weighted by Gasteiger charge is 2.30. The van der Waals surface area contributed by atoms with E-state index in [9.17, 15) is 9.90 Å². The van der Waals surface area contributed by atoms with Crippen molar-refractivity contribution in [1.82, 2.24) is 5.32 Å². The SMILES string of the molecule is COCCNC(=O)C1=C(OCc2ccccc2)C(O)C=C(COC2CCCCO2)O1. The molecular formula is C22H29NO7. The van der Waals surface area contributed by atoms with Crippen LogP contribution in [0, 0.1) is 0 Å². The van der Waals surface area contributed by atoms with E-state index in [1.165, 1.54) is 6.08 Å². The quantitative estimate of drug-likeness (QED) is 0.560. The summed E-state index contributed by atoms with van der Waals surface area (Å²) in [6.45, 7) is 1.60. The summed E-state index contributed by atoms with van der Waals surface area (Å²) in [4.78, 5) is 12.7. The highest BCUT2D eigenvalue weighted by atomic mass is 16.7. The second-order valence-electron chi connectivity index (χ2n) is 7.00. The van der Waals surface area contributed by atoms with Crippen molar-refractivity contribution in [2.75, 3.05) is 33.5 Å². The first-order chi connectivity index (χ1) is 14.7. The van der Waals surface area contributed by atoms with Gasteiger partial charge in [0, 0.05) is 20.3 Å². The first-order valence-electron chi connectivity index (χ1n) is 10.1. The van der Waals surface area contributed by atoms with Crippen molar-refractivity contribution in [2.24, 2.45) is 0 Å². The molecule has 0 spiro atoms. The third kappa shape index (κ3) is 6.56. The van der Waals surface area contributed by atoms with Gasteiger partial charge < -0.3 is 34.1 Å². The molecule has 1 aromatic carbocycles. The summed E-state index contributed by atoms with van der Waals surface area (Å²) < 4.78 is 27.8. The van der Waals surface area contributed by atoms with Crippen molar-refractivity contribution in [3.05, 3.63) is 59.2 Å². The average Bonchev–Trinajstić information content (AvgIpc) is 2.78. The van der Waals surface area contributed by atoms with Crippen molar-refractivity contribution in [2.45, 2.75) is 38.3 Å². The molecule has 2 aliphatic heterocycles. The minimum Gasteiger partial charge on any atom is -0.486 e. The number of amides is 1. The van der Waals surface area contributed by atoms with Crippen molar-refractivity contribution in [3.63, 3.8) is 0 Å². The summed E-state index contributed by atoms with van der Waals surface area (Å²) >= 11 is 0. The van der Waals surface area contributed by atoms with Gasteiger partial charge >= 0.3 is 0 Å². The minimum absolute atomic E-state index is 0.0615. The Bertz CT molecular complexity index is 741. The van der Waals surface area contributed by atoms with Crippen LogP contribution < -0.4 is 5.32 Å². The molecule has 0 bridgehead atoms. The number of benzene rings is 1. The number of nitrogens with one attached hydrogen (secondary N) is 1. The summed E-state index contributed by atoms with van der Waals surface area (Å²) in [6.07, 6.45) is 2.92. The highest BCUT2D eigenvalue weighted by molar-refractivity contribution is 5.92. The molecule has 1 amide bonds. The number of carbonyl (C=O) groups excluding carboxylic acids is 1. The van der Waals surface area contributed by atoms with Gasteiger partial charge in [-0.2, -0.15) is 0 Å². The van der Waals surface area contributed by atoms with Gasteiger partial charge in [0.25, 0.3) is 5.91 Å². The standard InChI is InChI=1S/C22H29NO7/c1-26-12-10-23-22(25)21-20(29-14-16-7-3-2-4-8-16)18(24)13-17(30-21)15-28-19-9-5-6-11-27-19/h2-4,7-8,13,18-19,24H,5-6,9-12,14-15H2,1H3,(H,23,25). The highest BCUT2D eigenvalue weighted by Crippen LogP contribution is 2.26. The Kier molecular flexibility index (Phi) is 8.70. The lowest BCUT2D eigenvalue weighted by atomic mass is 10.1. The van der Waals surface area contributed by atoms with Crippen molar-refractivity contribution >= 4 is 5.91 Å². The number of aliphatic hydroxyl groups excluding tert-OH is 1. The van der Waals surface area contributed by atoms with E-state index in [-0.39, 0.29) is 31.0 Å². The molecule has 2 N–H and O–H groups in total. The van der Waals surface area contributed by atoms with Crippen molar-refractivity contribution in [1.29, 1.82) is 0 Å². The maximum atomic E-state index is 12.7. The summed E-state index contributed by atoms with van der Waals surface area (Å²) in [7, 11) is 1.55. The molecule has 0 aliphatic carbocycles. The monoisotopic (exact) mass is 419 g/mol. The topological polar surface area (TPSA) is 95.5 Å². The lowest BCUT2D eigenvalue weighted by Gasteiger charge is -2.27. The third-order valence-electron chi connectivity index (χ3n) is 4.65. The number of ether oxygens (including phenoxy) is 5. The number of aliphatic hydroxyl groups is 1. The molecule has 3 rings (SSSR count). The zero-order chi connectivity index (χ0) is 21.2. The summed E-state index contributed by atoms with van der Waals surface area (Å²) in [5.74, 6) is -0.180. The molecule has 1 saturated heterocycles. The van der Waals surface area contributed by atoms with Crippen LogP contribution in [-0.4, -0.2) is 56.9 Å². The molecule has 8 heteroatoms. The van der Waals surface area contributed by atoms with Crippen LogP contribution in [0.2, 0.25) is 0 Å². The van der Waals surface area contributed by atoms with Gasteiger partial charge in [-0.3, -0.25) is 4.79 Å². The molecule has 164 valence electrons. The molecule has 30 heavy (non-hydrogen) atoms. The fourth-order valence-corrected chi connectivity index (χ4v) is 3.09. The molecule has 0 saturated carbocycles. The molecule has 8 nitrogen and oxygen atoms in total. The van der Waals surface area contributed by atoms with E-state index in [4.69, 9.17) is 23.7 Å². The van der Waals surface area contributed by atoms with Crippen LogP contribution in [0.3, 0.4) is 0 Å². The average molecular weight is 419 g/mol. The van der Waals surface area contributed by atoms with Crippen LogP contribution in [0.5, 0.6) is 0 Å². The molecule has 2 unspecified atom stereocenters. The zero-order valence-corrected chi connectivity index (χ0v) is 17.2. The zero-order valence-electron chi connectivity index (χ0n) is 17.2. The summed E-state index contributed by atoms with van der Waals surface area (Å²) in [5.41, 5.74) is 0.906. The molecule has 2 atom stereocenters. The molecule has 0 aromatic heterocycles. The van der Waals surface area contributed by atoms with Gasteiger partial charge in [-0.15, -0.1) is 0 Å². The van der Waals surface area contributed by atoms with Gasteiger partial charge in [0.05, 0.1) is 6.61 Å². The maximum absolute atomic E-state index is 12.7. The summed E-state index contributed by atoms with van der Waals surface area (Å²) in [5, 5.41) is 13.3. The van der Waals surface area contributed by atoms with Crippen molar-refractivity contribution in [3.8, 4) is 0 Å². The van der Waals surface area contributed by atoms with Gasteiger partial charge in [-0.1, -0.05) is 30.3 Å². The van der Waals surface area contributed by atoms with Crippen molar-refractivity contribution < 1.29 is 33.6 Å². The Morgan fingerprint density at radius 3 is 2.80 bits per heavy atom. The number of rotatable bonds is 10. The predicted molar refractivity (Wildman–Crippen MR) is 108 cm³/mol. The van der Waals surface area contributed by atoms with E-state index >= 15 is 0 Å². The molecule has 1 aromatic rings. The molecule has 2 heterocycles. The Balaban J connectivity index is 1.67. The third-order valence-corrected chi connectivity index (χ3v) is 4.65. The number of carbonyl (C=O) groups is 1. The van der Waals surface area contributed by atoms with Crippen LogP contribution in [0.25, 0.3) is 0 Å². The van der Waals surface area contributed by atoms with Gasteiger partial charge in [0.15, 0.2) is 12.0 Å². The van der Waals surface area contributed by atoms with Gasteiger partial charge in [-0.05, 0) is 30.9 Å². The summed E-state index contributed by atoms with van der Waals surface area (Å²) in [6, 6.07) is 9.48. The smallest absolute Gasteiger partial charge is 0.290 e. The van der Waals surface area contributed by atoms with E-state index in [2.05, 4.69) is 5.32 Å². The number of hydrogen-bond acceptors (Lipinski definition) is 7. The lowest BCUT2D eigenvalue weighted by molar-refractivity contribution is -0.161. The Morgan fingerprint density at radius 2 is 2.07 bits per heavy atom. The van der Waals surface area contributed by atoms with E-state index in [1.54, 1.807) is 7.11 Å². The molecular weight excluding hydrogens is 390 g/mol. The lowest BCUT2D eigenvalue weighted by Crippen LogP contribution is -2.34. The van der Waals surface area contributed by atoms with E-state index < -0.39 is 12.0 Å². The van der Waals surface area contributed by atoms with Crippen LogP contribution in [-0.2, 0) is 35.1 Å². The van der Waals surface area contributed by atoms with Crippen LogP contribution in [0.15, 0.2) is 53.7 Å². The Hall–Kier alpha value is -2.39. The van der Waals surface area contributed by atoms with E-state index in [0.717, 1.165) is 24.8 Å². The minimum atomic E-state index is -1.13. The van der Waals surface area contributed by atoms with E-state index in [1.807, 2.05) is 30.3 Å². The maximum Gasteiger partial charge on any atom is 0.290 e. The normalized spacial score (nSPS) is 21.6. The fourth-order valence-electron chi connectivity index (χ4n) is 3.09. The van der Waals surface area contributed by atoms with Crippen LogP contribution in [0.1, 0.15) is 24.8 Å². The van der Waals surface area contributed by atoms with Gasteiger partial charge in [0.2, 0.25) is 5.76 Å². The first kappa shape index (κ1) is 22.3. The molecule has 1 fully saturated rings. The molecule has 0 radical (unpaired) electrons. The van der Waals surface area contributed by atoms with Crippen LogP contribution in [0.4, 0.5) is 0 Å². The number of hydrogen-bond donors (Lipinski definition) is 2. The van der Waals surface area contributed by atoms with Gasteiger partial charge in [0.1, 0.15) is 25.1 Å². The number of methoxy groups -OCH3 is 1. The second-order valence-corrected chi connectivity index (χ2v) is 7.00. The predicted octanol–water partition coefficient (Wildman–Crippen LogP) is 2.00. The largest absolute Gasteiger partial charge is 0.486 e. The van der Waals surface area contributed by atoms with E-state index in [0.29, 0.717) is 25.5 Å². The second kappa shape index (κ2) is 11.7. The fraction of sp³-hybridized carbons (Fsp3) is 0.500. The van der Waals surface area contributed by atoms with Crippen LogP contribution >= 0.6 is 0 Å². The Labute approximate surface area is 176 Å². The van der Waals surface area contributed by atoms with Gasteiger partial charge in [-0.25, -0.2) is 0 Å².